The molecule has 0 atom stereocenters. The number of piperazine rings is 1. The van der Waals surface area contributed by atoms with Gasteiger partial charge in [0, 0.05) is 33.3 Å². The molecule has 4 nitrogen and oxygen atoms in total. The van der Waals surface area contributed by atoms with E-state index >= 15 is 0 Å². The highest BCUT2D eigenvalue weighted by Gasteiger charge is 2.51. The molecule has 0 unspecified atom stereocenters. The zero-order valence-corrected chi connectivity index (χ0v) is 8.71. The molecule has 1 heterocycles. The molecule has 0 spiro atoms. The van der Waals surface area contributed by atoms with Crippen LogP contribution < -0.4 is 5.32 Å². The molecule has 0 aromatic rings. The molecule has 4 heteroatoms. The van der Waals surface area contributed by atoms with Gasteiger partial charge < -0.3 is 15.0 Å². The number of nitrogens with one attached hydrogen (secondary N) is 1. The van der Waals surface area contributed by atoms with Crippen LogP contribution in [0.3, 0.4) is 0 Å². The molecule has 1 saturated heterocycles. The Balaban J connectivity index is 1.93. The number of methoxy groups -OCH3 is 1. The topological polar surface area (TPSA) is 41.6 Å². The lowest BCUT2D eigenvalue weighted by molar-refractivity contribution is -0.139. The molecule has 1 aliphatic heterocycles. The number of ether oxygens (including phenoxy) is 1. The maximum atomic E-state index is 12.1. The van der Waals surface area contributed by atoms with Gasteiger partial charge in [0.1, 0.15) is 0 Å². The predicted molar refractivity (Wildman–Crippen MR) is 53.0 cm³/mol. The second-order valence-electron chi connectivity index (χ2n) is 4.26. The largest absolute Gasteiger partial charge is 0.384 e. The maximum absolute atomic E-state index is 12.1. The molecule has 1 N–H and O–H groups in total. The fourth-order valence-electron chi connectivity index (χ4n) is 2.05. The van der Waals surface area contributed by atoms with E-state index in [4.69, 9.17) is 4.74 Å². The minimum absolute atomic E-state index is 0.147. The van der Waals surface area contributed by atoms with Crippen molar-refractivity contribution in [2.24, 2.45) is 5.41 Å². The van der Waals surface area contributed by atoms with Crippen molar-refractivity contribution in [3.05, 3.63) is 0 Å². The third-order valence-electron chi connectivity index (χ3n) is 3.13. The van der Waals surface area contributed by atoms with Crippen molar-refractivity contribution in [3.63, 3.8) is 0 Å². The van der Waals surface area contributed by atoms with Gasteiger partial charge in [0.15, 0.2) is 0 Å². The maximum Gasteiger partial charge on any atom is 0.231 e. The van der Waals surface area contributed by atoms with Crippen LogP contribution in [0.1, 0.15) is 12.8 Å². The molecule has 80 valence electrons. The van der Waals surface area contributed by atoms with Gasteiger partial charge in [-0.2, -0.15) is 0 Å². The molecule has 2 aliphatic rings. The van der Waals surface area contributed by atoms with Gasteiger partial charge in [-0.25, -0.2) is 0 Å². The Morgan fingerprint density at radius 3 is 2.57 bits per heavy atom. The molecule has 0 aromatic heterocycles. The van der Waals surface area contributed by atoms with E-state index in [1.165, 1.54) is 0 Å². The fraction of sp³-hybridized carbons (Fsp3) is 0.900. The van der Waals surface area contributed by atoms with Gasteiger partial charge in [0.05, 0.1) is 12.0 Å². The molecule has 0 aromatic carbocycles. The average Bonchev–Trinajstić information content (AvgIpc) is 3.00. The monoisotopic (exact) mass is 198 g/mol. The van der Waals surface area contributed by atoms with Crippen LogP contribution in [-0.2, 0) is 9.53 Å². The highest BCUT2D eigenvalue weighted by Crippen LogP contribution is 2.47. The van der Waals surface area contributed by atoms with Gasteiger partial charge in [-0.1, -0.05) is 0 Å². The van der Waals surface area contributed by atoms with E-state index in [0.29, 0.717) is 12.5 Å². The Hall–Kier alpha value is -0.610. The summed E-state index contributed by atoms with van der Waals surface area (Å²) in [5.41, 5.74) is -0.147. The van der Waals surface area contributed by atoms with Crippen molar-refractivity contribution in [2.75, 3.05) is 39.9 Å². The summed E-state index contributed by atoms with van der Waals surface area (Å²) in [5.74, 6) is 0.306. The normalized spacial score (nSPS) is 24.8. The number of hydrogen-bond donors (Lipinski definition) is 1. The zero-order chi connectivity index (χ0) is 10.0. The van der Waals surface area contributed by atoms with E-state index in [1.54, 1.807) is 7.11 Å². The first-order valence-electron chi connectivity index (χ1n) is 5.27. The summed E-state index contributed by atoms with van der Waals surface area (Å²) in [6.07, 6.45) is 2.01. The van der Waals surface area contributed by atoms with E-state index in [0.717, 1.165) is 39.0 Å². The second-order valence-corrected chi connectivity index (χ2v) is 4.26. The standard InChI is InChI=1S/C10H18N2O2/c1-14-8-10(2-3-10)9(13)12-6-4-11-5-7-12/h11H,2-8H2,1H3. The summed E-state index contributed by atoms with van der Waals surface area (Å²) in [6, 6.07) is 0. The van der Waals surface area contributed by atoms with E-state index < -0.39 is 0 Å². The number of amides is 1. The zero-order valence-electron chi connectivity index (χ0n) is 8.71. The summed E-state index contributed by atoms with van der Waals surface area (Å²) >= 11 is 0. The van der Waals surface area contributed by atoms with Crippen molar-refractivity contribution < 1.29 is 9.53 Å². The third-order valence-corrected chi connectivity index (χ3v) is 3.13. The van der Waals surface area contributed by atoms with Gasteiger partial charge in [0.2, 0.25) is 5.91 Å². The van der Waals surface area contributed by atoms with Crippen LogP contribution in [0, 0.1) is 5.41 Å². The summed E-state index contributed by atoms with van der Waals surface area (Å²) in [5, 5.41) is 3.25. The van der Waals surface area contributed by atoms with Crippen LogP contribution >= 0.6 is 0 Å². The van der Waals surface area contributed by atoms with E-state index in [-0.39, 0.29) is 5.41 Å². The summed E-state index contributed by atoms with van der Waals surface area (Å²) in [6.45, 7) is 4.15. The number of nitrogens with zero attached hydrogens (tertiary/aromatic N) is 1. The molecule has 1 amide bonds. The van der Waals surface area contributed by atoms with Crippen LogP contribution in [0.15, 0.2) is 0 Å². The van der Waals surface area contributed by atoms with Gasteiger partial charge in [0.25, 0.3) is 0 Å². The Bertz CT molecular complexity index is 220. The van der Waals surface area contributed by atoms with Gasteiger partial charge in [-0.3, -0.25) is 4.79 Å². The first kappa shape index (κ1) is 9.93. The lowest BCUT2D eigenvalue weighted by Gasteiger charge is -2.30. The van der Waals surface area contributed by atoms with E-state index in [1.807, 2.05) is 4.90 Å². The minimum Gasteiger partial charge on any atom is -0.384 e. The molecule has 1 saturated carbocycles. The van der Waals surface area contributed by atoms with Crippen LogP contribution in [-0.4, -0.2) is 50.7 Å². The Labute approximate surface area is 84.6 Å². The average molecular weight is 198 g/mol. The first-order valence-corrected chi connectivity index (χ1v) is 5.27. The lowest BCUT2D eigenvalue weighted by atomic mass is 10.1. The molecular weight excluding hydrogens is 180 g/mol. The van der Waals surface area contributed by atoms with Crippen LogP contribution in [0.2, 0.25) is 0 Å². The van der Waals surface area contributed by atoms with Crippen molar-refractivity contribution in [1.29, 1.82) is 0 Å². The summed E-state index contributed by atoms with van der Waals surface area (Å²) < 4.78 is 5.12. The Kier molecular flexibility index (Phi) is 2.74. The highest BCUT2D eigenvalue weighted by molar-refractivity contribution is 5.85. The summed E-state index contributed by atoms with van der Waals surface area (Å²) in [4.78, 5) is 14.1. The SMILES string of the molecule is COCC1(C(=O)N2CCNCC2)CC1. The Morgan fingerprint density at radius 2 is 2.07 bits per heavy atom. The third kappa shape index (κ3) is 1.77. The fourth-order valence-corrected chi connectivity index (χ4v) is 2.05. The van der Waals surface area contributed by atoms with Crippen LogP contribution in [0.25, 0.3) is 0 Å². The van der Waals surface area contributed by atoms with Gasteiger partial charge in [-0.15, -0.1) is 0 Å². The molecule has 1 aliphatic carbocycles. The minimum atomic E-state index is -0.147. The molecule has 2 rings (SSSR count). The van der Waals surface area contributed by atoms with Crippen molar-refractivity contribution in [1.82, 2.24) is 10.2 Å². The van der Waals surface area contributed by atoms with Gasteiger partial charge in [-0.05, 0) is 12.8 Å². The molecular formula is C10H18N2O2. The van der Waals surface area contributed by atoms with Gasteiger partial charge >= 0.3 is 0 Å². The molecule has 2 fully saturated rings. The lowest BCUT2D eigenvalue weighted by Crippen LogP contribution is -2.49. The second kappa shape index (κ2) is 3.87. The van der Waals surface area contributed by atoms with E-state index in [9.17, 15) is 4.79 Å². The predicted octanol–water partition coefficient (Wildman–Crippen LogP) is -0.155. The summed E-state index contributed by atoms with van der Waals surface area (Å²) in [7, 11) is 1.67. The van der Waals surface area contributed by atoms with Crippen molar-refractivity contribution in [2.45, 2.75) is 12.8 Å². The number of rotatable bonds is 3. The molecule has 0 bridgehead atoms. The van der Waals surface area contributed by atoms with E-state index in [2.05, 4.69) is 5.32 Å². The van der Waals surface area contributed by atoms with Crippen molar-refractivity contribution in [3.8, 4) is 0 Å². The van der Waals surface area contributed by atoms with Crippen LogP contribution in [0.4, 0.5) is 0 Å². The molecule has 0 radical (unpaired) electrons. The van der Waals surface area contributed by atoms with Crippen molar-refractivity contribution >= 4 is 5.91 Å². The quantitative estimate of drug-likeness (QED) is 0.685. The first-order chi connectivity index (χ1) is 6.78. The Morgan fingerprint density at radius 1 is 1.43 bits per heavy atom. The number of hydrogen-bond acceptors (Lipinski definition) is 3. The number of carbonyl (C=O) groups excluding carboxylic acids is 1. The highest BCUT2D eigenvalue weighted by atomic mass is 16.5. The smallest absolute Gasteiger partial charge is 0.231 e. The number of carbonyl (C=O) groups is 1. The molecule has 14 heavy (non-hydrogen) atoms. The van der Waals surface area contributed by atoms with Crippen LogP contribution in [0.5, 0.6) is 0 Å².